The summed E-state index contributed by atoms with van der Waals surface area (Å²) in [6.45, 7) is 0.298. The van der Waals surface area contributed by atoms with E-state index in [4.69, 9.17) is 4.42 Å². The second-order valence-electron chi connectivity index (χ2n) is 6.19. The lowest BCUT2D eigenvalue weighted by Crippen LogP contribution is -2.22. The van der Waals surface area contributed by atoms with Crippen molar-refractivity contribution in [1.82, 2.24) is 15.3 Å². The first-order valence-corrected chi connectivity index (χ1v) is 9.71. The average Bonchev–Trinajstić information content (AvgIpc) is 3.34. The molecule has 6 heteroatoms. The molecule has 0 aliphatic heterocycles. The summed E-state index contributed by atoms with van der Waals surface area (Å²) in [5, 5.41) is 3.94. The van der Waals surface area contributed by atoms with Crippen LogP contribution in [0.25, 0.3) is 21.5 Å². The monoisotopic (exact) mass is 377 g/mol. The third-order valence-electron chi connectivity index (χ3n) is 4.18. The fourth-order valence-corrected chi connectivity index (χ4v) is 3.83. The summed E-state index contributed by atoms with van der Waals surface area (Å²) in [6, 6.07) is 17.9. The minimum Gasteiger partial charge on any atom is -0.439 e. The van der Waals surface area contributed by atoms with Crippen LogP contribution in [-0.2, 0) is 17.8 Å². The summed E-state index contributed by atoms with van der Waals surface area (Å²) >= 11 is 1.69. The van der Waals surface area contributed by atoms with Crippen molar-refractivity contribution in [1.29, 1.82) is 0 Å². The van der Waals surface area contributed by atoms with Crippen molar-refractivity contribution >= 4 is 27.5 Å². The van der Waals surface area contributed by atoms with Crippen LogP contribution in [0.3, 0.4) is 0 Å². The van der Waals surface area contributed by atoms with Gasteiger partial charge in [0.2, 0.25) is 11.8 Å². The lowest BCUT2D eigenvalue weighted by atomic mass is 10.2. The molecule has 0 aliphatic rings. The molecule has 0 unspecified atom stereocenters. The fraction of sp³-hybridized carbons (Fsp3) is 0.190. The molecule has 2 aromatic heterocycles. The standard InChI is InChI=1S/C21H19N3O2S/c25-19(11-6-12-21-24-16-9-4-5-10-18(16)27-21)22-14-20-23-13-17(26-20)15-7-2-1-3-8-15/h1-5,7-10,13H,6,11-12,14H2,(H,22,25). The Labute approximate surface area is 161 Å². The summed E-state index contributed by atoms with van der Waals surface area (Å²) in [5.74, 6) is 1.21. The van der Waals surface area contributed by atoms with Gasteiger partial charge in [-0.2, -0.15) is 0 Å². The van der Waals surface area contributed by atoms with E-state index in [0.717, 1.165) is 28.9 Å². The number of thiazole rings is 1. The van der Waals surface area contributed by atoms with Crippen molar-refractivity contribution in [3.63, 3.8) is 0 Å². The molecule has 0 fully saturated rings. The van der Waals surface area contributed by atoms with Crippen LogP contribution >= 0.6 is 11.3 Å². The van der Waals surface area contributed by atoms with E-state index < -0.39 is 0 Å². The van der Waals surface area contributed by atoms with Crippen LogP contribution in [-0.4, -0.2) is 15.9 Å². The van der Waals surface area contributed by atoms with E-state index in [9.17, 15) is 4.79 Å². The van der Waals surface area contributed by atoms with Crippen LogP contribution in [0.2, 0.25) is 0 Å². The number of hydrogen-bond acceptors (Lipinski definition) is 5. The Hall–Kier alpha value is -2.99. The molecule has 1 N–H and O–H groups in total. The van der Waals surface area contributed by atoms with E-state index in [1.54, 1.807) is 17.5 Å². The Morgan fingerprint density at radius 1 is 1.07 bits per heavy atom. The number of rotatable bonds is 7. The molecule has 2 heterocycles. The van der Waals surface area contributed by atoms with Gasteiger partial charge in [-0.3, -0.25) is 4.79 Å². The van der Waals surface area contributed by atoms with Gasteiger partial charge in [-0.05, 0) is 25.0 Å². The number of nitrogens with one attached hydrogen (secondary N) is 1. The topological polar surface area (TPSA) is 68.0 Å². The van der Waals surface area contributed by atoms with Gasteiger partial charge in [-0.25, -0.2) is 9.97 Å². The molecule has 0 saturated carbocycles. The summed E-state index contributed by atoms with van der Waals surface area (Å²) in [4.78, 5) is 20.9. The first-order chi connectivity index (χ1) is 13.3. The maximum Gasteiger partial charge on any atom is 0.220 e. The number of fused-ring (bicyclic) bond motifs is 1. The molecule has 0 bridgehead atoms. The fourth-order valence-electron chi connectivity index (χ4n) is 2.82. The van der Waals surface area contributed by atoms with E-state index in [1.807, 2.05) is 48.5 Å². The predicted octanol–water partition coefficient (Wildman–Crippen LogP) is 4.59. The van der Waals surface area contributed by atoms with Crippen molar-refractivity contribution in [3.05, 3.63) is 71.7 Å². The van der Waals surface area contributed by atoms with Crippen LogP contribution in [0.4, 0.5) is 0 Å². The van der Waals surface area contributed by atoms with Crippen molar-refractivity contribution in [2.45, 2.75) is 25.8 Å². The van der Waals surface area contributed by atoms with Gasteiger partial charge in [0.15, 0.2) is 5.76 Å². The zero-order valence-electron chi connectivity index (χ0n) is 14.7. The van der Waals surface area contributed by atoms with E-state index >= 15 is 0 Å². The highest BCUT2D eigenvalue weighted by molar-refractivity contribution is 7.18. The number of oxazole rings is 1. The minimum atomic E-state index is -0.00410. The Balaban J connectivity index is 1.23. The van der Waals surface area contributed by atoms with Crippen LogP contribution in [0.1, 0.15) is 23.7 Å². The van der Waals surface area contributed by atoms with Crippen LogP contribution in [0.15, 0.2) is 65.2 Å². The van der Waals surface area contributed by atoms with Crippen LogP contribution in [0.5, 0.6) is 0 Å². The zero-order valence-corrected chi connectivity index (χ0v) is 15.5. The second kappa shape index (κ2) is 8.14. The third kappa shape index (κ3) is 4.41. The summed E-state index contributed by atoms with van der Waals surface area (Å²) in [6.07, 6.45) is 3.72. The highest BCUT2D eigenvalue weighted by atomic mass is 32.1. The molecule has 0 atom stereocenters. The number of benzene rings is 2. The number of carbonyl (C=O) groups is 1. The number of nitrogens with zero attached hydrogens (tertiary/aromatic N) is 2. The van der Waals surface area contributed by atoms with Gasteiger partial charge < -0.3 is 9.73 Å². The van der Waals surface area contributed by atoms with Crippen molar-refractivity contribution in [2.24, 2.45) is 0 Å². The average molecular weight is 377 g/mol. The number of para-hydroxylation sites is 1. The number of carbonyl (C=O) groups excluding carboxylic acids is 1. The van der Waals surface area contributed by atoms with Gasteiger partial charge in [-0.15, -0.1) is 11.3 Å². The van der Waals surface area contributed by atoms with Gasteiger partial charge in [0.25, 0.3) is 0 Å². The first-order valence-electron chi connectivity index (χ1n) is 8.89. The second-order valence-corrected chi connectivity index (χ2v) is 7.31. The Kier molecular flexibility index (Phi) is 5.25. The molecular weight excluding hydrogens is 358 g/mol. The molecule has 27 heavy (non-hydrogen) atoms. The minimum absolute atomic E-state index is 0.00410. The molecule has 0 saturated heterocycles. The molecule has 4 rings (SSSR count). The largest absolute Gasteiger partial charge is 0.439 e. The Bertz CT molecular complexity index is 1010. The summed E-state index contributed by atoms with van der Waals surface area (Å²) < 4.78 is 6.88. The maximum atomic E-state index is 12.1. The summed E-state index contributed by atoms with van der Waals surface area (Å²) in [5.41, 5.74) is 2.00. The number of aryl methyl sites for hydroxylation is 1. The lowest BCUT2D eigenvalue weighted by Gasteiger charge is -2.02. The van der Waals surface area contributed by atoms with Crippen LogP contribution in [0, 0.1) is 0 Å². The van der Waals surface area contributed by atoms with Gasteiger partial charge in [-0.1, -0.05) is 42.5 Å². The molecule has 0 aliphatic carbocycles. The molecule has 2 aromatic carbocycles. The van der Waals surface area contributed by atoms with E-state index in [-0.39, 0.29) is 5.91 Å². The Morgan fingerprint density at radius 3 is 2.74 bits per heavy atom. The quantitative estimate of drug-likeness (QED) is 0.511. The Morgan fingerprint density at radius 2 is 1.89 bits per heavy atom. The summed E-state index contributed by atoms with van der Waals surface area (Å²) in [7, 11) is 0. The van der Waals surface area contributed by atoms with Crippen molar-refractivity contribution in [2.75, 3.05) is 0 Å². The highest BCUT2D eigenvalue weighted by Crippen LogP contribution is 2.23. The van der Waals surface area contributed by atoms with Gasteiger partial charge in [0, 0.05) is 12.0 Å². The zero-order chi connectivity index (χ0) is 18.5. The molecule has 4 aromatic rings. The van der Waals surface area contributed by atoms with Crippen molar-refractivity contribution in [3.8, 4) is 11.3 Å². The number of hydrogen-bond donors (Lipinski definition) is 1. The van der Waals surface area contributed by atoms with Gasteiger partial charge >= 0.3 is 0 Å². The highest BCUT2D eigenvalue weighted by Gasteiger charge is 2.09. The van der Waals surface area contributed by atoms with Crippen molar-refractivity contribution < 1.29 is 9.21 Å². The van der Waals surface area contributed by atoms with Crippen LogP contribution < -0.4 is 5.32 Å². The van der Waals surface area contributed by atoms with E-state index in [1.165, 1.54) is 4.70 Å². The molecular formula is C21H19N3O2S. The van der Waals surface area contributed by atoms with E-state index in [2.05, 4.69) is 21.4 Å². The normalized spacial score (nSPS) is 11.0. The predicted molar refractivity (Wildman–Crippen MR) is 106 cm³/mol. The number of aromatic nitrogens is 2. The van der Waals surface area contributed by atoms with Gasteiger partial charge in [0.05, 0.1) is 28.0 Å². The maximum absolute atomic E-state index is 12.1. The lowest BCUT2D eigenvalue weighted by molar-refractivity contribution is -0.121. The first kappa shape index (κ1) is 17.4. The van der Waals surface area contributed by atoms with Gasteiger partial charge in [0.1, 0.15) is 0 Å². The molecule has 0 radical (unpaired) electrons. The SMILES string of the molecule is O=C(CCCc1nc2ccccc2s1)NCc1ncc(-c2ccccc2)o1. The number of amides is 1. The smallest absolute Gasteiger partial charge is 0.220 e. The molecule has 1 amide bonds. The molecule has 5 nitrogen and oxygen atoms in total. The molecule has 136 valence electrons. The van der Waals surface area contributed by atoms with E-state index in [0.29, 0.717) is 24.6 Å². The third-order valence-corrected chi connectivity index (χ3v) is 5.28. The molecule has 0 spiro atoms.